The van der Waals surface area contributed by atoms with Crippen LogP contribution >= 0.6 is 11.6 Å². The van der Waals surface area contributed by atoms with Gasteiger partial charge >= 0.3 is 0 Å². The summed E-state index contributed by atoms with van der Waals surface area (Å²) in [5.41, 5.74) is -0.581. The Morgan fingerprint density at radius 1 is 1.35 bits per heavy atom. The van der Waals surface area contributed by atoms with Gasteiger partial charge in [-0.05, 0) is 24.3 Å². The highest BCUT2D eigenvalue weighted by Crippen LogP contribution is 2.23. The maximum atomic E-state index is 12.7. The molecule has 6 nitrogen and oxygen atoms in total. The minimum Gasteiger partial charge on any atom is -0.306 e. The molecule has 0 spiro atoms. The maximum Gasteiger partial charge on any atom is 0.282 e. The molecule has 0 saturated heterocycles. The van der Waals surface area contributed by atoms with Gasteiger partial charge < -0.3 is 5.32 Å². The number of hydrogen-bond donors (Lipinski definition) is 1. The van der Waals surface area contributed by atoms with Crippen molar-refractivity contribution < 1.29 is 14.1 Å². The van der Waals surface area contributed by atoms with Crippen LogP contribution in [-0.2, 0) is 0 Å². The van der Waals surface area contributed by atoms with Crippen LogP contribution in [0.2, 0.25) is 5.02 Å². The molecule has 1 aromatic carbocycles. The van der Waals surface area contributed by atoms with Gasteiger partial charge in [-0.25, -0.2) is 9.37 Å². The number of halogens is 2. The zero-order chi connectivity index (χ0) is 14.7. The topological polar surface area (TPSA) is 85.1 Å². The maximum absolute atomic E-state index is 12.7. The van der Waals surface area contributed by atoms with Gasteiger partial charge in [0.1, 0.15) is 17.2 Å². The number of carbonyl (C=O) groups is 1. The smallest absolute Gasteiger partial charge is 0.282 e. The summed E-state index contributed by atoms with van der Waals surface area (Å²) in [6.45, 7) is 0. The van der Waals surface area contributed by atoms with Crippen molar-refractivity contribution in [2.45, 2.75) is 0 Å². The average Bonchev–Trinajstić information content (AvgIpc) is 2.41. The van der Waals surface area contributed by atoms with Crippen LogP contribution in [0.4, 0.5) is 15.9 Å². The zero-order valence-corrected chi connectivity index (χ0v) is 10.6. The minimum absolute atomic E-state index is 0.0747. The summed E-state index contributed by atoms with van der Waals surface area (Å²) in [7, 11) is 0. The Bertz CT molecular complexity index is 676. The second-order valence-corrected chi connectivity index (χ2v) is 4.17. The number of anilines is 1. The molecule has 1 N–H and O–H groups in total. The predicted molar refractivity (Wildman–Crippen MR) is 70.3 cm³/mol. The summed E-state index contributed by atoms with van der Waals surface area (Å²) in [4.78, 5) is 25.8. The summed E-state index contributed by atoms with van der Waals surface area (Å²) < 4.78 is 12.7. The monoisotopic (exact) mass is 295 g/mol. The molecular formula is C12H7ClFN3O3. The van der Waals surface area contributed by atoms with E-state index in [-0.39, 0.29) is 22.1 Å². The molecular weight excluding hydrogens is 289 g/mol. The van der Waals surface area contributed by atoms with E-state index in [1.54, 1.807) is 0 Å². The first-order valence-electron chi connectivity index (χ1n) is 5.34. The van der Waals surface area contributed by atoms with Crippen LogP contribution in [0.15, 0.2) is 36.5 Å². The van der Waals surface area contributed by atoms with Crippen LogP contribution in [0.1, 0.15) is 10.4 Å². The van der Waals surface area contributed by atoms with E-state index >= 15 is 0 Å². The molecule has 2 aromatic rings. The van der Waals surface area contributed by atoms with Gasteiger partial charge in [-0.1, -0.05) is 11.6 Å². The molecule has 1 amide bonds. The van der Waals surface area contributed by atoms with Gasteiger partial charge in [-0.2, -0.15) is 0 Å². The fourth-order valence-corrected chi connectivity index (χ4v) is 1.65. The normalized spacial score (nSPS) is 10.1. The summed E-state index contributed by atoms with van der Waals surface area (Å²) in [5.74, 6) is -1.24. The first-order chi connectivity index (χ1) is 9.47. The van der Waals surface area contributed by atoms with Crippen molar-refractivity contribution in [2.75, 3.05) is 5.32 Å². The Kier molecular flexibility index (Phi) is 3.90. The number of pyridine rings is 1. The number of rotatable bonds is 3. The third kappa shape index (κ3) is 3.07. The quantitative estimate of drug-likeness (QED) is 0.696. The standard InChI is InChI=1S/C12H7ClFN3O3/c13-7-1-3-10(17(19)20)9(5-7)12(18)16-11-4-2-8(14)6-15-11/h1-6H,(H,15,16,18). The molecule has 1 heterocycles. The molecule has 0 bridgehead atoms. The lowest BCUT2D eigenvalue weighted by atomic mass is 10.1. The number of benzene rings is 1. The highest BCUT2D eigenvalue weighted by molar-refractivity contribution is 6.31. The SMILES string of the molecule is O=C(Nc1ccc(F)cn1)c1cc(Cl)ccc1[N+](=O)[O-]. The van der Waals surface area contributed by atoms with Gasteiger partial charge in [-0.15, -0.1) is 0 Å². The molecule has 8 heteroatoms. The van der Waals surface area contributed by atoms with Crippen molar-refractivity contribution in [3.8, 4) is 0 Å². The van der Waals surface area contributed by atoms with Crippen molar-refractivity contribution in [1.29, 1.82) is 0 Å². The number of carbonyl (C=O) groups excluding carboxylic acids is 1. The van der Waals surface area contributed by atoms with Crippen LogP contribution in [0.3, 0.4) is 0 Å². The fraction of sp³-hybridized carbons (Fsp3) is 0. The van der Waals surface area contributed by atoms with E-state index in [0.29, 0.717) is 0 Å². The summed E-state index contributed by atoms with van der Waals surface area (Å²) in [6, 6.07) is 5.97. The zero-order valence-electron chi connectivity index (χ0n) is 9.84. The van der Waals surface area contributed by atoms with Crippen molar-refractivity contribution in [1.82, 2.24) is 4.98 Å². The minimum atomic E-state index is -0.752. The average molecular weight is 296 g/mol. The van der Waals surface area contributed by atoms with E-state index in [2.05, 4.69) is 10.3 Å². The number of amides is 1. The van der Waals surface area contributed by atoms with Crippen molar-refractivity contribution in [3.63, 3.8) is 0 Å². The van der Waals surface area contributed by atoms with Crippen LogP contribution < -0.4 is 5.32 Å². The first-order valence-corrected chi connectivity index (χ1v) is 5.72. The molecule has 0 aliphatic heterocycles. The number of hydrogen-bond acceptors (Lipinski definition) is 4. The van der Waals surface area contributed by atoms with Gasteiger partial charge in [0.2, 0.25) is 0 Å². The number of aromatic nitrogens is 1. The molecule has 1 aromatic heterocycles. The molecule has 0 aliphatic rings. The summed E-state index contributed by atoms with van der Waals surface area (Å²) in [6.07, 6.45) is 0.919. The Morgan fingerprint density at radius 3 is 2.70 bits per heavy atom. The third-order valence-corrected chi connectivity index (χ3v) is 2.60. The number of nitro groups is 1. The Hall–Kier alpha value is -2.54. The number of nitrogens with zero attached hydrogens (tertiary/aromatic N) is 2. The van der Waals surface area contributed by atoms with Crippen LogP contribution in [-0.4, -0.2) is 15.8 Å². The van der Waals surface area contributed by atoms with E-state index in [9.17, 15) is 19.3 Å². The van der Waals surface area contributed by atoms with E-state index in [4.69, 9.17) is 11.6 Å². The molecule has 0 unspecified atom stereocenters. The van der Waals surface area contributed by atoms with Crippen LogP contribution in [0.25, 0.3) is 0 Å². The first kappa shape index (κ1) is 13.9. The van der Waals surface area contributed by atoms with Crippen molar-refractivity contribution >= 4 is 29.0 Å². The van der Waals surface area contributed by atoms with Crippen LogP contribution in [0, 0.1) is 15.9 Å². The van der Waals surface area contributed by atoms with E-state index in [1.165, 1.54) is 18.2 Å². The summed E-state index contributed by atoms with van der Waals surface area (Å²) in [5, 5.41) is 13.4. The van der Waals surface area contributed by atoms with Crippen LogP contribution in [0.5, 0.6) is 0 Å². The Balaban J connectivity index is 2.31. The Labute approximate surface area is 117 Å². The fourth-order valence-electron chi connectivity index (χ4n) is 1.48. The lowest BCUT2D eigenvalue weighted by Gasteiger charge is -2.05. The number of nitrogens with one attached hydrogen (secondary N) is 1. The highest BCUT2D eigenvalue weighted by atomic mass is 35.5. The second kappa shape index (κ2) is 5.62. The predicted octanol–water partition coefficient (Wildman–Crippen LogP) is 3.03. The lowest BCUT2D eigenvalue weighted by Crippen LogP contribution is -2.14. The van der Waals surface area contributed by atoms with Crippen molar-refractivity contribution in [3.05, 3.63) is 63.0 Å². The molecule has 20 heavy (non-hydrogen) atoms. The molecule has 0 saturated carbocycles. The molecule has 2 rings (SSSR count). The third-order valence-electron chi connectivity index (χ3n) is 2.37. The molecule has 0 fully saturated rings. The van der Waals surface area contributed by atoms with Gasteiger partial charge in [0.25, 0.3) is 11.6 Å². The van der Waals surface area contributed by atoms with E-state index in [0.717, 1.165) is 18.3 Å². The van der Waals surface area contributed by atoms with E-state index in [1.807, 2.05) is 0 Å². The second-order valence-electron chi connectivity index (χ2n) is 3.73. The Morgan fingerprint density at radius 2 is 2.10 bits per heavy atom. The highest BCUT2D eigenvalue weighted by Gasteiger charge is 2.20. The summed E-state index contributed by atoms with van der Waals surface area (Å²) >= 11 is 5.72. The van der Waals surface area contributed by atoms with E-state index < -0.39 is 16.6 Å². The molecule has 0 radical (unpaired) electrons. The van der Waals surface area contributed by atoms with Gasteiger partial charge in [0, 0.05) is 11.1 Å². The van der Waals surface area contributed by atoms with Gasteiger partial charge in [0.15, 0.2) is 0 Å². The van der Waals surface area contributed by atoms with Crippen molar-refractivity contribution in [2.24, 2.45) is 0 Å². The molecule has 102 valence electrons. The van der Waals surface area contributed by atoms with Gasteiger partial charge in [-0.3, -0.25) is 14.9 Å². The van der Waals surface area contributed by atoms with Gasteiger partial charge in [0.05, 0.1) is 11.1 Å². The molecule has 0 atom stereocenters. The number of nitro benzene ring substituents is 1. The largest absolute Gasteiger partial charge is 0.306 e. The molecule has 0 aliphatic carbocycles. The lowest BCUT2D eigenvalue weighted by molar-refractivity contribution is -0.385.